The highest BCUT2D eigenvalue weighted by atomic mass is 19.1. The molecule has 1 saturated heterocycles. The van der Waals surface area contributed by atoms with E-state index in [9.17, 15) is 8.78 Å². The van der Waals surface area contributed by atoms with Crippen LogP contribution in [0.3, 0.4) is 0 Å². The topological polar surface area (TPSA) is 84.7 Å². The van der Waals surface area contributed by atoms with E-state index in [1.165, 1.54) is 30.7 Å². The maximum atomic E-state index is 13.5. The van der Waals surface area contributed by atoms with Crippen LogP contribution in [0.4, 0.5) is 14.5 Å². The second-order valence-electron chi connectivity index (χ2n) is 9.34. The molecule has 34 heavy (non-hydrogen) atoms. The number of aromatic amines is 2. The Morgan fingerprint density at radius 3 is 2.65 bits per heavy atom. The van der Waals surface area contributed by atoms with Crippen molar-refractivity contribution in [3.8, 4) is 11.5 Å². The standard InChI is InChI=1S/C25H27F2N7/c26-17-7-16(8-18(27)9-17)11-29-19-1-2-21-20(10-19)24(33-32-21)25-30-22-13-34(14-23(22)31-25)12-15-3-5-28-6-4-15/h1-2,7-10,15,28-29H,3-6,11-14H2,(H,30,31)(H,32,33). The van der Waals surface area contributed by atoms with Crippen molar-refractivity contribution < 1.29 is 8.78 Å². The van der Waals surface area contributed by atoms with E-state index in [0.717, 1.165) is 78.5 Å². The second kappa shape index (κ2) is 8.81. The van der Waals surface area contributed by atoms with Crippen molar-refractivity contribution in [1.82, 2.24) is 30.4 Å². The van der Waals surface area contributed by atoms with E-state index in [4.69, 9.17) is 4.98 Å². The molecule has 0 atom stereocenters. The SMILES string of the molecule is Fc1cc(F)cc(CNc2ccc3[nH]nc(-c4nc5c([nH]4)CN(CC4CCNCC4)C5)c3c2)c1. The van der Waals surface area contributed by atoms with E-state index in [1.54, 1.807) is 0 Å². The van der Waals surface area contributed by atoms with Crippen LogP contribution in [0.1, 0.15) is 29.8 Å². The number of nitrogens with one attached hydrogen (secondary N) is 4. The van der Waals surface area contributed by atoms with Crippen molar-refractivity contribution in [2.45, 2.75) is 32.5 Å². The van der Waals surface area contributed by atoms with Crippen molar-refractivity contribution in [3.05, 3.63) is 65.0 Å². The van der Waals surface area contributed by atoms with Gasteiger partial charge in [0.25, 0.3) is 0 Å². The van der Waals surface area contributed by atoms with Crippen molar-refractivity contribution in [3.63, 3.8) is 0 Å². The van der Waals surface area contributed by atoms with Crippen molar-refractivity contribution >= 4 is 16.6 Å². The van der Waals surface area contributed by atoms with Gasteiger partial charge in [-0.2, -0.15) is 5.10 Å². The summed E-state index contributed by atoms with van der Waals surface area (Å²) in [7, 11) is 0. The molecule has 1 fully saturated rings. The van der Waals surface area contributed by atoms with E-state index in [0.29, 0.717) is 12.1 Å². The maximum Gasteiger partial charge on any atom is 0.159 e. The van der Waals surface area contributed by atoms with E-state index < -0.39 is 11.6 Å². The first kappa shape index (κ1) is 21.2. The van der Waals surface area contributed by atoms with Crippen LogP contribution in [-0.4, -0.2) is 44.7 Å². The predicted octanol–water partition coefficient (Wildman–Crippen LogP) is 4.16. The fourth-order valence-electron chi connectivity index (χ4n) is 5.09. The van der Waals surface area contributed by atoms with Gasteiger partial charge >= 0.3 is 0 Å². The second-order valence-corrected chi connectivity index (χ2v) is 9.34. The van der Waals surface area contributed by atoms with E-state index in [-0.39, 0.29) is 0 Å². The van der Waals surface area contributed by atoms with Gasteiger partial charge in [-0.1, -0.05) is 0 Å². The molecule has 9 heteroatoms. The molecule has 4 aromatic rings. The van der Waals surface area contributed by atoms with Gasteiger partial charge in [0, 0.05) is 43.3 Å². The summed E-state index contributed by atoms with van der Waals surface area (Å²) in [6.45, 7) is 5.44. The summed E-state index contributed by atoms with van der Waals surface area (Å²) in [5, 5.41) is 15.2. The molecule has 6 rings (SSSR count). The number of H-pyrrole nitrogens is 2. The molecular weight excluding hydrogens is 436 g/mol. The van der Waals surface area contributed by atoms with Gasteiger partial charge in [0.15, 0.2) is 5.82 Å². The molecule has 0 saturated carbocycles. The number of benzene rings is 2. The van der Waals surface area contributed by atoms with Gasteiger partial charge in [-0.25, -0.2) is 13.8 Å². The summed E-state index contributed by atoms with van der Waals surface area (Å²) in [6, 6.07) is 9.38. The lowest BCUT2D eigenvalue weighted by atomic mass is 9.98. The molecule has 0 radical (unpaired) electrons. The zero-order valence-corrected chi connectivity index (χ0v) is 18.8. The van der Waals surface area contributed by atoms with Crippen LogP contribution >= 0.6 is 0 Å². The molecule has 0 unspecified atom stereocenters. The lowest BCUT2D eigenvalue weighted by Gasteiger charge is -2.27. The highest BCUT2D eigenvalue weighted by Gasteiger charge is 2.27. The van der Waals surface area contributed by atoms with Crippen LogP contribution in [0.15, 0.2) is 36.4 Å². The molecule has 0 amide bonds. The number of imidazole rings is 1. The summed E-state index contributed by atoms with van der Waals surface area (Å²) >= 11 is 0. The van der Waals surface area contributed by atoms with Crippen LogP contribution in [0, 0.1) is 17.6 Å². The van der Waals surface area contributed by atoms with Crippen LogP contribution in [0.5, 0.6) is 0 Å². The lowest BCUT2D eigenvalue weighted by molar-refractivity contribution is 0.206. The minimum absolute atomic E-state index is 0.315. The quantitative estimate of drug-likeness (QED) is 0.345. The summed E-state index contributed by atoms with van der Waals surface area (Å²) in [4.78, 5) is 10.8. The zero-order valence-electron chi connectivity index (χ0n) is 18.8. The average Bonchev–Trinajstić information content (AvgIpc) is 3.50. The summed E-state index contributed by atoms with van der Waals surface area (Å²) in [5.41, 5.74) is 5.33. The lowest BCUT2D eigenvalue weighted by Crippen LogP contribution is -2.34. The molecule has 0 bridgehead atoms. The van der Waals surface area contributed by atoms with Gasteiger partial charge in [0.2, 0.25) is 0 Å². The summed E-state index contributed by atoms with van der Waals surface area (Å²) < 4.78 is 27.0. The fraction of sp³-hybridized carbons (Fsp3) is 0.360. The molecule has 0 aliphatic carbocycles. The molecular formula is C25H27F2N7. The summed E-state index contributed by atoms with van der Waals surface area (Å²) in [5.74, 6) is 0.367. The van der Waals surface area contributed by atoms with Gasteiger partial charge < -0.3 is 15.6 Å². The van der Waals surface area contributed by atoms with Crippen LogP contribution in [0.25, 0.3) is 22.4 Å². The van der Waals surface area contributed by atoms with Gasteiger partial charge in [-0.3, -0.25) is 10.00 Å². The number of piperidine rings is 1. The molecule has 4 N–H and O–H groups in total. The van der Waals surface area contributed by atoms with Crippen LogP contribution in [-0.2, 0) is 19.6 Å². The smallest absolute Gasteiger partial charge is 0.159 e. The number of aromatic nitrogens is 4. The molecule has 4 heterocycles. The molecule has 2 aliphatic rings. The average molecular weight is 464 g/mol. The Morgan fingerprint density at radius 1 is 1.03 bits per heavy atom. The van der Waals surface area contributed by atoms with E-state index in [2.05, 4.69) is 30.7 Å². The first-order chi connectivity index (χ1) is 16.6. The Kier molecular flexibility index (Phi) is 5.50. The molecule has 2 aromatic heterocycles. The van der Waals surface area contributed by atoms with Crippen molar-refractivity contribution in [2.24, 2.45) is 5.92 Å². The fourth-order valence-corrected chi connectivity index (χ4v) is 5.09. The third-order valence-electron chi connectivity index (χ3n) is 6.80. The number of halogens is 2. The maximum absolute atomic E-state index is 13.5. The van der Waals surface area contributed by atoms with Crippen LogP contribution < -0.4 is 10.6 Å². The Labute approximate surface area is 196 Å². The number of anilines is 1. The van der Waals surface area contributed by atoms with Crippen LogP contribution in [0.2, 0.25) is 0 Å². The van der Waals surface area contributed by atoms with E-state index in [1.807, 2.05) is 18.2 Å². The normalized spacial score (nSPS) is 16.9. The first-order valence-corrected chi connectivity index (χ1v) is 11.8. The van der Waals surface area contributed by atoms with Gasteiger partial charge in [-0.15, -0.1) is 0 Å². The highest BCUT2D eigenvalue weighted by molar-refractivity contribution is 5.93. The number of hydrogen-bond acceptors (Lipinski definition) is 5. The largest absolute Gasteiger partial charge is 0.381 e. The Bertz CT molecular complexity index is 1280. The highest BCUT2D eigenvalue weighted by Crippen LogP contribution is 2.31. The van der Waals surface area contributed by atoms with Crippen molar-refractivity contribution in [1.29, 1.82) is 0 Å². The van der Waals surface area contributed by atoms with Crippen molar-refractivity contribution in [2.75, 3.05) is 25.0 Å². The number of fused-ring (bicyclic) bond motifs is 2. The van der Waals surface area contributed by atoms with E-state index >= 15 is 0 Å². The Hall–Kier alpha value is -3.30. The molecule has 7 nitrogen and oxygen atoms in total. The van der Waals surface area contributed by atoms with Gasteiger partial charge in [-0.05, 0) is 67.7 Å². The predicted molar refractivity (Wildman–Crippen MR) is 127 cm³/mol. The third kappa shape index (κ3) is 4.28. The van der Waals surface area contributed by atoms with Gasteiger partial charge in [0.1, 0.15) is 17.3 Å². The number of nitrogens with zero attached hydrogens (tertiary/aromatic N) is 3. The Balaban J connectivity index is 1.17. The zero-order chi connectivity index (χ0) is 23.1. The molecule has 2 aromatic carbocycles. The molecule has 0 spiro atoms. The van der Waals surface area contributed by atoms with Gasteiger partial charge in [0.05, 0.1) is 16.9 Å². The monoisotopic (exact) mass is 463 g/mol. The minimum atomic E-state index is -0.579. The number of hydrogen-bond donors (Lipinski definition) is 4. The molecule has 2 aliphatic heterocycles. The third-order valence-corrected chi connectivity index (χ3v) is 6.80. The number of rotatable bonds is 6. The minimum Gasteiger partial charge on any atom is -0.381 e. The summed E-state index contributed by atoms with van der Waals surface area (Å²) in [6.07, 6.45) is 2.49. The first-order valence-electron chi connectivity index (χ1n) is 11.8. The Morgan fingerprint density at radius 2 is 1.85 bits per heavy atom. The molecule has 176 valence electrons.